The molecule has 0 aromatic heterocycles. The van der Waals surface area contributed by atoms with Crippen LogP contribution in [0.15, 0.2) is 18.2 Å². The first-order valence-corrected chi connectivity index (χ1v) is 8.01. The Morgan fingerprint density at radius 3 is 2.86 bits per heavy atom. The standard InChI is InChI=1S/C15H19FN2O2S/c1-4-17(3)15(20)13-8-21-9-18(13)14(19)11-7-10(2)5-6-12(11)16/h5-7,13H,4,8-9H2,1-3H3/t13-/m1/s1. The fourth-order valence-corrected chi connectivity index (χ4v) is 3.36. The largest absolute Gasteiger partial charge is 0.344 e. The molecule has 1 aromatic carbocycles. The van der Waals surface area contributed by atoms with Gasteiger partial charge in [-0.3, -0.25) is 9.59 Å². The predicted molar refractivity (Wildman–Crippen MR) is 81.7 cm³/mol. The van der Waals surface area contributed by atoms with Crippen molar-refractivity contribution in [3.63, 3.8) is 0 Å². The lowest BCUT2D eigenvalue weighted by atomic mass is 10.1. The first-order chi connectivity index (χ1) is 9.95. The molecule has 0 unspecified atom stereocenters. The number of carbonyl (C=O) groups is 2. The van der Waals surface area contributed by atoms with Crippen LogP contribution in [0.4, 0.5) is 4.39 Å². The molecule has 0 aliphatic carbocycles. The van der Waals surface area contributed by atoms with E-state index in [1.54, 1.807) is 18.0 Å². The molecule has 0 saturated carbocycles. The number of benzene rings is 1. The van der Waals surface area contributed by atoms with Crippen molar-refractivity contribution >= 4 is 23.6 Å². The maximum Gasteiger partial charge on any atom is 0.258 e. The highest BCUT2D eigenvalue weighted by Gasteiger charge is 2.37. The minimum atomic E-state index is -0.544. The minimum Gasteiger partial charge on any atom is -0.344 e. The van der Waals surface area contributed by atoms with Gasteiger partial charge >= 0.3 is 0 Å². The molecule has 0 spiro atoms. The molecule has 2 rings (SSSR count). The normalized spacial score (nSPS) is 17.9. The lowest BCUT2D eigenvalue weighted by molar-refractivity contribution is -0.133. The van der Waals surface area contributed by atoms with Crippen molar-refractivity contribution in [1.82, 2.24) is 9.80 Å². The van der Waals surface area contributed by atoms with Crippen LogP contribution in [0.1, 0.15) is 22.8 Å². The van der Waals surface area contributed by atoms with Crippen molar-refractivity contribution in [2.45, 2.75) is 19.9 Å². The summed E-state index contributed by atoms with van der Waals surface area (Å²) >= 11 is 1.51. The van der Waals surface area contributed by atoms with Gasteiger partial charge in [0.1, 0.15) is 11.9 Å². The lowest BCUT2D eigenvalue weighted by Crippen LogP contribution is -2.47. The molecule has 1 fully saturated rings. The molecular weight excluding hydrogens is 291 g/mol. The average molecular weight is 310 g/mol. The minimum absolute atomic E-state index is 0.0365. The molecule has 1 aliphatic heterocycles. The maximum atomic E-state index is 13.9. The molecule has 0 radical (unpaired) electrons. The van der Waals surface area contributed by atoms with Gasteiger partial charge in [-0.2, -0.15) is 0 Å². The highest BCUT2D eigenvalue weighted by molar-refractivity contribution is 7.99. The van der Waals surface area contributed by atoms with Crippen molar-refractivity contribution in [1.29, 1.82) is 0 Å². The van der Waals surface area contributed by atoms with Crippen molar-refractivity contribution < 1.29 is 14.0 Å². The number of hydrogen-bond acceptors (Lipinski definition) is 3. The van der Waals surface area contributed by atoms with E-state index in [4.69, 9.17) is 0 Å². The summed E-state index contributed by atoms with van der Waals surface area (Å²) in [7, 11) is 1.71. The Morgan fingerprint density at radius 2 is 2.19 bits per heavy atom. The second-order valence-electron chi connectivity index (χ2n) is 5.13. The van der Waals surface area contributed by atoms with Crippen LogP contribution in [0.25, 0.3) is 0 Å². The van der Waals surface area contributed by atoms with E-state index in [1.165, 1.54) is 28.8 Å². The highest BCUT2D eigenvalue weighted by Crippen LogP contribution is 2.25. The molecule has 1 aromatic rings. The molecule has 1 aliphatic rings. The Hall–Kier alpha value is -1.56. The zero-order valence-electron chi connectivity index (χ0n) is 12.4. The smallest absolute Gasteiger partial charge is 0.258 e. The summed E-state index contributed by atoms with van der Waals surface area (Å²) in [6, 6.07) is 3.94. The second-order valence-corrected chi connectivity index (χ2v) is 6.13. The van der Waals surface area contributed by atoms with Gasteiger partial charge in [-0.25, -0.2) is 4.39 Å². The maximum absolute atomic E-state index is 13.9. The SMILES string of the molecule is CCN(C)C(=O)[C@H]1CSCN1C(=O)c1cc(C)ccc1F. The van der Waals surface area contributed by atoms with E-state index in [1.807, 2.05) is 13.8 Å². The molecule has 1 atom stereocenters. The third kappa shape index (κ3) is 3.20. The van der Waals surface area contributed by atoms with E-state index in [9.17, 15) is 14.0 Å². The van der Waals surface area contributed by atoms with E-state index in [0.29, 0.717) is 18.2 Å². The number of thioether (sulfide) groups is 1. The van der Waals surface area contributed by atoms with Crippen molar-refractivity contribution in [3.05, 3.63) is 35.1 Å². The summed E-state index contributed by atoms with van der Waals surface area (Å²) in [5.41, 5.74) is 0.856. The van der Waals surface area contributed by atoms with Crippen LogP contribution in [0, 0.1) is 12.7 Å². The molecule has 1 heterocycles. The van der Waals surface area contributed by atoms with Crippen LogP contribution < -0.4 is 0 Å². The van der Waals surface area contributed by atoms with Gasteiger partial charge in [0.25, 0.3) is 5.91 Å². The van der Waals surface area contributed by atoms with Crippen LogP contribution >= 0.6 is 11.8 Å². The zero-order chi connectivity index (χ0) is 15.6. The summed E-state index contributed by atoms with van der Waals surface area (Å²) < 4.78 is 13.9. The first kappa shape index (κ1) is 15.8. The van der Waals surface area contributed by atoms with Crippen LogP contribution in [0.2, 0.25) is 0 Å². The van der Waals surface area contributed by atoms with Crippen LogP contribution in [-0.2, 0) is 4.79 Å². The van der Waals surface area contributed by atoms with Gasteiger partial charge in [0, 0.05) is 19.3 Å². The van der Waals surface area contributed by atoms with Gasteiger partial charge in [0.2, 0.25) is 5.91 Å². The predicted octanol–water partition coefficient (Wildman–Crippen LogP) is 2.13. The molecule has 114 valence electrons. The average Bonchev–Trinajstić information content (AvgIpc) is 2.96. The van der Waals surface area contributed by atoms with Crippen molar-refractivity contribution in [2.24, 2.45) is 0 Å². The van der Waals surface area contributed by atoms with E-state index >= 15 is 0 Å². The van der Waals surface area contributed by atoms with E-state index in [0.717, 1.165) is 5.56 Å². The molecule has 2 amide bonds. The van der Waals surface area contributed by atoms with Gasteiger partial charge in [0.05, 0.1) is 11.4 Å². The van der Waals surface area contributed by atoms with Crippen molar-refractivity contribution in [3.8, 4) is 0 Å². The summed E-state index contributed by atoms with van der Waals surface area (Å²) in [4.78, 5) is 27.9. The van der Waals surface area contributed by atoms with Crippen LogP contribution in [-0.4, -0.2) is 52.9 Å². The quantitative estimate of drug-likeness (QED) is 0.859. The zero-order valence-corrected chi connectivity index (χ0v) is 13.2. The molecule has 1 saturated heterocycles. The number of likely N-dealkylation sites (N-methyl/N-ethyl adjacent to an activating group) is 1. The van der Waals surface area contributed by atoms with Gasteiger partial charge in [0.15, 0.2) is 0 Å². The molecule has 4 nitrogen and oxygen atoms in total. The fourth-order valence-electron chi connectivity index (χ4n) is 2.22. The first-order valence-electron chi connectivity index (χ1n) is 6.85. The number of amides is 2. The number of carbonyl (C=O) groups excluding carboxylic acids is 2. The van der Waals surface area contributed by atoms with Gasteiger partial charge < -0.3 is 9.80 Å². The Labute approximate surface area is 128 Å². The summed E-state index contributed by atoms with van der Waals surface area (Å²) in [6.07, 6.45) is 0. The lowest BCUT2D eigenvalue weighted by Gasteiger charge is -2.27. The topological polar surface area (TPSA) is 40.6 Å². The molecule has 21 heavy (non-hydrogen) atoms. The molecular formula is C15H19FN2O2S. The molecule has 6 heteroatoms. The number of rotatable bonds is 3. The van der Waals surface area contributed by atoms with Gasteiger partial charge in [-0.1, -0.05) is 11.6 Å². The Morgan fingerprint density at radius 1 is 1.48 bits per heavy atom. The Kier molecular flexibility index (Phi) is 4.88. The van der Waals surface area contributed by atoms with E-state index < -0.39 is 17.8 Å². The number of nitrogens with zero attached hydrogens (tertiary/aromatic N) is 2. The van der Waals surface area contributed by atoms with Gasteiger partial charge in [-0.15, -0.1) is 11.8 Å². The molecule has 0 bridgehead atoms. The van der Waals surface area contributed by atoms with E-state index in [2.05, 4.69) is 0 Å². The van der Waals surface area contributed by atoms with Crippen LogP contribution in [0.3, 0.4) is 0 Å². The number of aryl methyl sites for hydroxylation is 1. The third-order valence-corrected chi connectivity index (χ3v) is 4.64. The van der Waals surface area contributed by atoms with E-state index in [-0.39, 0.29) is 11.5 Å². The monoisotopic (exact) mass is 310 g/mol. The highest BCUT2D eigenvalue weighted by atomic mass is 32.2. The summed E-state index contributed by atoms with van der Waals surface area (Å²) in [6.45, 7) is 4.27. The third-order valence-electron chi connectivity index (χ3n) is 3.63. The van der Waals surface area contributed by atoms with Crippen molar-refractivity contribution in [2.75, 3.05) is 25.2 Å². The van der Waals surface area contributed by atoms with Crippen LogP contribution in [0.5, 0.6) is 0 Å². The second kappa shape index (κ2) is 6.47. The summed E-state index contributed by atoms with van der Waals surface area (Å²) in [5, 5.41) is 0. The number of halogens is 1. The fraction of sp³-hybridized carbons (Fsp3) is 0.467. The summed E-state index contributed by atoms with van der Waals surface area (Å²) in [5.74, 6) is -0.0757. The van der Waals surface area contributed by atoms with Gasteiger partial charge in [-0.05, 0) is 26.0 Å². The Bertz CT molecular complexity index is 565. The molecule has 0 N–H and O–H groups in total. The Balaban J connectivity index is 2.25. The number of hydrogen-bond donors (Lipinski definition) is 0.